The zero-order valence-corrected chi connectivity index (χ0v) is 18.6. The van der Waals surface area contributed by atoms with E-state index in [2.05, 4.69) is 5.32 Å². The van der Waals surface area contributed by atoms with Gasteiger partial charge in [0.2, 0.25) is 5.91 Å². The molecule has 1 aliphatic heterocycles. The molecule has 6 heteroatoms. The molecule has 1 N–H and O–H groups in total. The SMILES string of the molecule is CC(=O)Nc1ccc(C2=C(N(C)Cc3ccccc3)C(=O)N(Cc3ccccc3)C2=O)cc1. The number of benzene rings is 3. The Labute approximate surface area is 193 Å². The van der Waals surface area contributed by atoms with Gasteiger partial charge in [-0.15, -0.1) is 0 Å². The number of rotatable bonds is 7. The van der Waals surface area contributed by atoms with Gasteiger partial charge in [0, 0.05) is 26.2 Å². The topological polar surface area (TPSA) is 69.7 Å². The zero-order chi connectivity index (χ0) is 23.4. The molecule has 3 aromatic carbocycles. The summed E-state index contributed by atoms with van der Waals surface area (Å²) in [4.78, 5) is 41.5. The molecule has 0 atom stereocenters. The third-order valence-electron chi connectivity index (χ3n) is 5.47. The molecule has 33 heavy (non-hydrogen) atoms. The highest BCUT2D eigenvalue weighted by Gasteiger charge is 2.40. The summed E-state index contributed by atoms with van der Waals surface area (Å²) in [6.45, 7) is 2.13. The second kappa shape index (κ2) is 9.53. The molecular weight excluding hydrogens is 414 g/mol. The normalized spacial score (nSPS) is 13.5. The van der Waals surface area contributed by atoms with Gasteiger partial charge in [-0.3, -0.25) is 19.3 Å². The van der Waals surface area contributed by atoms with E-state index in [1.807, 2.05) is 72.6 Å². The van der Waals surface area contributed by atoms with Gasteiger partial charge in [0.15, 0.2) is 0 Å². The van der Waals surface area contributed by atoms with Crippen LogP contribution in [0.4, 0.5) is 5.69 Å². The molecule has 1 aliphatic rings. The van der Waals surface area contributed by atoms with Crippen LogP contribution in [0.5, 0.6) is 0 Å². The molecular formula is C27H25N3O3. The number of carbonyl (C=O) groups is 3. The quantitative estimate of drug-likeness (QED) is 0.564. The van der Waals surface area contributed by atoms with Crippen molar-refractivity contribution in [2.45, 2.75) is 20.0 Å². The van der Waals surface area contributed by atoms with Crippen LogP contribution in [0.1, 0.15) is 23.6 Å². The van der Waals surface area contributed by atoms with Gasteiger partial charge in [0.05, 0.1) is 12.1 Å². The lowest BCUT2D eigenvalue weighted by Gasteiger charge is -2.21. The smallest absolute Gasteiger partial charge is 0.278 e. The molecule has 0 unspecified atom stereocenters. The Hall–Kier alpha value is -4.19. The first kappa shape index (κ1) is 22.0. The highest BCUT2D eigenvalue weighted by Crippen LogP contribution is 2.33. The lowest BCUT2D eigenvalue weighted by atomic mass is 10.0. The first-order chi connectivity index (χ1) is 15.9. The van der Waals surface area contributed by atoms with E-state index in [0.717, 1.165) is 11.1 Å². The van der Waals surface area contributed by atoms with E-state index in [1.165, 1.54) is 11.8 Å². The van der Waals surface area contributed by atoms with E-state index in [4.69, 9.17) is 0 Å². The van der Waals surface area contributed by atoms with Crippen molar-refractivity contribution in [3.8, 4) is 0 Å². The van der Waals surface area contributed by atoms with Crippen LogP contribution in [0.15, 0.2) is 90.6 Å². The summed E-state index contributed by atoms with van der Waals surface area (Å²) in [6.07, 6.45) is 0. The molecule has 0 aromatic heterocycles. The Morgan fingerprint density at radius 3 is 1.97 bits per heavy atom. The fourth-order valence-electron chi connectivity index (χ4n) is 3.95. The lowest BCUT2D eigenvalue weighted by molar-refractivity contribution is -0.138. The number of hydrogen-bond acceptors (Lipinski definition) is 4. The number of carbonyl (C=O) groups excluding carboxylic acids is 3. The molecule has 0 radical (unpaired) electrons. The number of likely N-dealkylation sites (N-methyl/N-ethyl adjacent to an activating group) is 1. The van der Waals surface area contributed by atoms with Crippen LogP contribution in [-0.4, -0.2) is 34.6 Å². The summed E-state index contributed by atoms with van der Waals surface area (Å²) in [7, 11) is 1.82. The maximum atomic E-state index is 13.5. The van der Waals surface area contributed by atoms with Gasteiger partial charge in [-0.1, -0.05) is 72.8 Å². The third kappa shape index (κ3) is 4.85. The van der Waals surface area contributed by atoms with Crippen molar-refractivity contribution in [2.75, 3.05) is 12.4 Å². The predicted molar refractivity (Wildman–Crippen MR) is 128 cm³/mol. The van der Waals surface area contributed by atoms with Crippen molar-refractivity contribution in [2.24, 2.45) is 0 Å². The monoisotopic (exact) mass is 439 g/mol. The van der Waals surface area contributed by atoms with Gasteiger partial charge in [-0.05, 0) is 28.8 Å². The fourth-order valence-corrected chi connectivity index (χ4v) is 3.95. The van der Waals surface area contributed by atoms with Crippen molar-refractivity contribution >= 4 is 29.0 Å². The maximum Gasteiger partial charge on any atom is 0.278 e. The van der Waals surface area contributed by atoms with Crippen molar-refractivity contribution in [1.29, 1.82) is 0 Å². The summed E-state index contributed by atoms with van der Waals surface area (Å²) in [5.41, 5.74) is 3.91. The number of anilines is 1. The molecule has 0 bridgehead atoms. The molecule has 3 amide bonds. The molecule has 1 heterocycles. The average molecular weight is 440 g/mol. The summed E-state index contributed by atoms with van der Waals surface area (Å²) >= 11 is 0. The van der Waals surface area contributed by atoms with Gasteiger partial charge in [0.1, 0.15) is 5.70 Å². The van der Waals surface area contributed by atoms with Crippen molar-refractivity contribution in [3.63, 3.8) is 0 Å². The van der Waals surface area contributed by atoms with Crippen molar-refractivity contribution in [3.05, 3.63) is 107 Å². The fraction of sp³-hybridized carbons (Fsp3) is 0.148. The van der Waals surface area contributed by atoms with Crippen LogP contribution >= 0.6 is 0 Å². The molecule has 0 saturated carbocycles. The van der Waals surface area contributed by atoms with Crippen molar-refractivity contribution in [1.82, 2.24) is 9.80 Å². The first-order valence-corrected chi connectivity index (χ1v) is 10.7. The number of nitrogens with zero attached hydrogens (tertiary/aromatic N) is 2. The lowest BCUT2D eigenvalue weighted by Crippen LogP contribution is -2.33. The average Bonchev–Trinajstić information content (AvgIpc) is 3.05. The van der Waals surface area contributed by atoms with E-state index < -0.39 is 0 Å². The van der Waals surface area contributed by atoms with Crippen LogP contribution in [0.3, 0.4) is 0 Å². The van der Waals surface area contributed by atoms with Crippen LogP contribution < -0.4 is 5.32 Å². The van der Waals surface area contributed by atoms with Gasteiger partial charge >= 0.3 is 0 Å². The Balaban J connectivity index is 1.71. The van der Waals surface area contributed by atoms with E-state index in [-0.39, 0.29) is 24.3 Å². The van der Waals surface area contributed by atoms with Crippen molar-refractivity contribution < 1.29 is 14.4 Å². The van der Waals surface area contributed by atoms with Crippen LogP contribution in [0.2, 0.25) is 0 Å². The summed E-state index contributed by atoms with van der Waals surface area (Å²) in [6, 6.07) is 26.3. The summed E-state index contributed by atoms with van der Waals surface area (Å²) in [5, 5.41) is 2.72. The molecule has 0 spiro atoms. The number of hydrogen-bond donors (Lipinski definition) is 1. The minimum absolute atomic E-state index is 0.175. The van der Waals surface area contributed by atoms with Crippen LogP contribution in [0, 0.1) is 0 Å². The van der Waals surface area contributed by atoms with Crippen LogP contribution in [-0.2, 0) is 27.5 Å². The van der Waals surface area contributed by atoms with E-state index >= 15 is 0 Å². The van der Waals surface area contributed by atoms with E-state index in [9.17, 15) is 14.4 Å². The second-order valence-electron chi connectivity index (χ2n) is 8.01. The van der Waals surface area contributed by atoms with Gasteiger partial charge in [-0.25, -0.2) is 0 Å². The number of amides is 3. The Kier molecular flexibility index (Phi) is 6.36. The minimum Gasteiger partial charge on any atom is -0.365 e. The summed E-state index contributed by atoms with van der Waals surface area (Å²) in [5.74, 6) is -0.819. The zero-order valence-electron chi connectivity index (χ0n) is 18.6. The minimum atomic E-state index is -0.328. The molecule has 3 aromatic rings. The van der Waals surface area contributed by atoms with Gasteiger partial charge < -0.3 is 10.2 Å². The highest BCUT2D eigenvalue weighted by atomic mass is 16.2. The van der Waals surface area contributed by atoms with E-state index in [0.29, 0.717) is 29.1 Å². The largest absolute Gasteiger partial charge is 0.365 e. The maximum absolute atomic E-state index is 13.5. The number of nitrogens with one attached hydrogen (secondary N) is 1. The predicted octanol–water partition coefficient (Wildman–Crippen LogP) is 4.06. The molecule has 166 valence electrons. The Morgan fingerprint density at radius 2 is 1.39 bits per heavy atom. The molecule has 0 fully saturated rings. The molecule has 0 aliphatic carbocycles. The highest BCUT2D eigenvalue weighted by molar-refractivity contribution is 6.35. The van der Waals surface area contributed by atoms with Gasteiger partial charge in [-0.2, -0.15) is 0 Å². The molecule has 0 saturated heterocycles. The van der Waals surface area contributed by atoms with Crippen LogP contribution in [0.25, 0.3) is 5.57 Å². The standard InChI is InChI=1S/C27H25N3O3/c1-19(31)28-23-15-13-22(14-16-23)24-25(29(2)17-20-9-5-3-6-10-20)27(33)30(26(24)32)18-21-11-7-4-8-12-21/h3-16H,17-18H2,1-2H3,(H,28,31). The first-order valence-electron chi connectivity index (χ1n) is 10.7. The van der Waals surface area contributed by atoms with E-state index in [1.54, 1.807) is 24.3 Å². The Bertz CT molecular complexity index is 1200. The second-order valence-corrected chi connectivity index (χ2v) is 8.01. The van der Waals surface area contributed by atoms with Gasteiger partial charge in [0.25, 0.3) is 11.8 Å². The Morgan fingerprint density at radius 1 is 0.818 bits per heavy atom. The number of imide groups is 1. The molecule has 4 rings (SSSR count). The summed E-state index contributed by atoms with van der Waals surface area (Å²) < 4.78 is 0. The molecule has 6 nitrogen and oxygen atoms in total. The third-order valence-corrected chi connectivity index (χ3v) is 5.47.